The van der Waals surface area contributed by atoms with E-state index < -0.39 is 0 Å². The molecule has 0 bridgehead atoms. The van der Waals surface area contributed by atoms with E-state index in [2.05, 4.69) is 23.3 Å². The first-order valence-electron chi connectivity index (χ1n) is 6.50. The molecule has 2 aromatic rings. The third-order valence-corrected chi connectivity index (χ3v) is 3.08. The molecule has 0 saturated carbocycles. The summed E-state index contributed by atoms with van der Waals surface area (Å²) in [5.41, 5.74) is 4.21. The largest absolute Gasteiger partial charge is 0.381 e. The van der Waals surface area contributed by atoms with Gasteiger partial charge in [0.05, 0.1) is 11.4 Å². The van der Waals surface area contributed by atoms with Crippen LogP contribution in [0.4, 0.5) is 10.1 Å². The zero-order valence-corrected chi connectivity index (χ0v) is 11.6. The number of hydrogen-bond donors (Lipinski definition) is 1. The number of pyridine rings is 1. The number of aromatic nitrogens is 1. The SMILES string of the molecule is Cc1ccc(NC(C)Cc2ccc(F)cc2)c(C)n1. The van der Waals surface area contributed by atoms with Gasteiger partial charge < -0.3 is 5.32 Å². The first-order chi connectivity index (χ1) is 9.04. The summed E-state index contributed by atoms with van der Waals surface area (Å²) in [4.78, 5) is 4.43. The van der Waals surface area contributed by atoms with Gasteiger partial charge in [-0.15, -0.1) is 0 Å². The van der Waals surface area contributed by atoms with Crippen LogP contribution in [0.15, 0.2) is 36.4 Å². The van der Waals surface area contributed by atoms with Crippen LogP contribution in [0, 0.1) is 19.7 Å². The van der Waals surface area contributed by atoms with Crippen LogP contribution >= 0.6 is 0 Å². The van der Waals surface area contributed by atoms with E-state index in [1.54, 1.807) is 0 Å². The monoisotopic (exact) mass is 258 g/mol. The molecule has 1 N–H and O–H groups in total. The Morgan fingerprint density at radius 3 is 2.42 bits per heavy atom. The molecule has 2 nitrogen and oxygen atoms in total. The highest BCUT2D eigenvalue weighted by molar-refractivity contribution is 5.48. The molecule has 0 radical (unpaired) electrons. The maximum Gasteiger partial charge on any atom is 0.123 e. The highest BCUT2D eigenvalue weighted by atomic mass is 19.1. The second-order valence-electron chi connectivity index (χ2n) is 4.96. The van der Waals surface area contributed by atoms with Gasteiger partial charge in [0.1, 0.15) is 5.82 Å². The van der Waals surface area contributed by atoms with Gasteiger partial charge in [-0.1, -0.05) is 12.1 Å². The predicted molar refractivity (Wildman–Crippen MR) is 76.9 cm³/mol. The minimum atomic E-state index is -0.192. The van der Waals surface area contributed by atoms with Crippen molar-refractivity contribution in [3.05, 3.63) is 59.2 Å². The topological polar surface area (TPSA) is 24.9 Å². The van der Waals surface area contributed by atoms with Crippen molar-refractivity contribution in [1.29, 1.82) is 0 Å². The summed E-state index contributed by atoms with van der Waals surface area (Å²) < 4.78 is 12.8. The molecule has 19 heavy (non-hydrogen) atoms. The first-order valence-corrected chi connectivity index (χ1v) is 6.50. The summed E-state index contributed by atoms with van der Waals surface area (Å²) >= 11 is 0. The molecule has 1 aromatic carbocycles. The van der Waals surface area contributed by atoms with Crippen molar-refractivity contribution in [3.8, 4) is 0 Å². The molecule has 0 fully saturated rings. The van der Waals surface area contributed by atoms with Crippen molar-refractivity contribution in [2.24, 2.45) is 0 Å². The van der Waals surface area contributed by atoms with Crippen molar-refractivity contribution in [2.45, 2.75) is 33.2 Å². The van der Waals surface area contributed by atoms with Crippen molar-refractivity contribution in [3.63, 3.8) is 0 Å². The number of halogens is 1. The van der Waals surface area contributed by atoms with E-state index in [0.717, 1.165) is 29.1 Å². The van der Waals surface area contributed by atoms with Crippen LogP contribution in [-0.4, -0.2) is 11.0 Å². The molecule has 1 unspecified atom stereocenters. The van der Waals surface area contributed by atoms with Gasteiger partial charge in [-0.3, -0.25) is 4.98 Å². The summed E-state index contributed by atoms with van der Waals surface area (Å²) in [7, 11) is 0. The Bertz CT molecular complexity index is 549. The molecule has 0 spiro atoms. The van der Waals surface area contributed by atoms with Crippen LogP contribution in [0.1, 0.15) is 23.9 Å². The third kappa shape index (κ3) is 3.78. The lowest BCUT2D eigenvalue weighted by Gasteiger charge is -2.17. The van der Waals surface area contributed by atoms with Gasteiger partial charge in [0.15, 0.2) is 0 Å². The van der Waals surface area contributed by atoms with E-state index in [-0.39, 0.29) is 11.9 Å². The smallest absolute Gasteiger partial charge is 0.123 e. The van der Waals surface area contributed by atoms with Gasteiger partial charge in [0.25, 0.3) is 0 Å². The lowest BCUT2D eigenvalue weighted by molar-refractivity contribution is 0.626. The van der Waals surface area contributed by atoms with Crippen molar-refractivity contribution >= 4 is 5.69 Å². The van der Waals surface area contributed by atoms with Crippen LogP contribution in [0.25, 0.3) is 0 Å². The van der Waals surface area contributed by atoms with E-state index in [0.29, 0.717) is 0 Å². The Hall–Kier alpha value is -1.90. The Labute approximate surface area is 113 Å². The van der Waals surface area contributed by atoms with Crippen LogP contribution < -0.4 is 5.32 Å². The van der Waals surface area contributed by atoms with E-state index >= 15 is 0 Å². The second kappa shape index (κ2) is 5.83. The van der Waals surface area contributed by atoms with E-state index in [1.165, 1.54) is 12.1 Å². The predicted octanol–water partition coefficient (Wildman–Crippen LogP) is 3.88. The minimum Gasteiger partial charge on any atom is -0.381 e. The molecule has 0 aliphatic rings. The maximum absolute atomic E-state index is 12.8. The van der Waals surface area contributed by atoms with Crippen molar-refractivity contribution in [2.75, 3.05) is 5.32 Å². The Morgan fingerprint density at radius 2 is 1.79 bits per heavy atom. The molecular formula is C16H19FN2. The summed E-state index contributed by atoms with van der Waals surface area (Å²) in [5, 5.41) is 3.44. The average molecular weight is 258 g/mol. The molecule has 2 rings (SSSR count). The fourth-order valence-electron chi connectivity index (χ4n) is 2.13. The number of nitrogens with one attached hydrogen (secondary N) is 1. The molecule has 0 aliphatic heterocycles. The lowest BCUT2D eigenvalue weighted by Crippen LogP contribution is -2.19. The molecule has 0 amide bonds. The van der Waals surface area contributed by atoms with Crippen LogP contribution in [0.2, 0.25) is 0 Å². The summed E-state index contributed by atoms with van der Waals surface area (Å²) in [6.07, 6.45) is 0.855. The lowest BCUT2D eigenvalue weighted by atomic mass is 10.1. The third-order valence-electron chi connectivity index (χ3n) is 3.08. The van der Waals surface area contributed by atoms with Gasteiger partial charge in [-0.05, 0) is 57.0 Å². The molecule has 100 valence electrons. The number of benzene rings is 1. The van der Waals surface area contributed by atoms with Crippen LogP contribution in [-0.2, 0) is 6.42 Å². The fourth-order valence-corrected chi connectivity index (χ4v) is 2.13. The summed E-state index contributed by atoms with van der Waals surface area (Å²) in [5.74, 6) is -0.192. The minimum absolute atomic E-state index is 0.192. The number of rotatable bonds is 4. The Balaban J connectivity index is 2.01. The standard InChI is InChI=1S/C16H19FN2/c1-11-4-9-16(13(3)18-11)19-12(2)10-14-5-7-15(17)8-6-14/h4-9,12,19H,10H2,1-3H3. The average Bonchev–Trinajstić information content (AvgIpc) is 2.36. The number of aryl methyl sites for hydroxylation is 2. The number of hydrogen-bond acceptors (Lipinski definition) is 2. The van der Waals surface area contributed by atoms with Crippen molar-refractivity contribution < 1.29 is 4.39 Å². The fraction of sp³-hybridized carbons (Fsp3) is 0.312. The van der Waals surface area contributed by atoms with Gasteiger partial charge in [-0.25, -0.2) is 4.39 Å². The Kier molecular flexibility index (Phi) is 4.15. The Morgan fingerprint density at radius 1 is 1.11 bits per heavy atom. The zero-order valence-electron chi connectivity index (χ0n) is 11.6. The number of nitrogens with zero attached hydrogens (tertiary/aromatic N) is 1. The molecule has 3 heteroatoms. The molecule has 1 atom stereocenters. The van der Waals surface area contributed by atoms with Crippen LogP contribution in [0.5, 0.6) is 0 Å². The zero-order chi connectivity index (χ0) is 13.8. The van der Waals surface area contributed by atoms with E-state index in [4.69, 9.17) is 0 Å². The normalized spacial score (nSPS) is 12.2. The van der Waals surface area contributed by atoms with Gasteiger partial charge in [0, 0.05) is 11.7 Å². The molecule has 1 heterocycles. The van der Waals surface area contributed by atoms with Crippen LogP contribution in [0.3, 0.4) is 0 Å². The molecule has 0 aliphatic carbocycles. The van der Waals surface area contributed by atoms with Gasteiger partial charge >= 0.3 is 0 Å². The highest BCUT2D eigenvalue weighted by Gasteiger charge is 2.06. The second-order valence-corrected chi connectivity index (χ2v) is 4.96. The first kappa shape index (κ1) is 13.5. The van der Waals surface area contributed by atoms with Crippen molar-refractivity contribution in [1.82, 2.24) is 4.98 Å². The molecule has 0 saturated heterocycles. The molecule has 1 aromatic heterocycles. The maximum atomic E-state index is 12.8. The van der Waals surface area contributed by atoms with Gasteiger partial charge in [0.2, 0.25) is 0 Å². The number of anilines is 1. The van der Waals surface area contributed by atoms with E-state index in [1.807, 2.05) is 32.0 Å². The summed E-state index contributed by atoms with van der Waals surface area (Å²) in [6, 6.07) is 11.0. The summed E-state index contributed by atoms with van der Waals surface area (Å²) in [6.45, 7) is 6.10. The van der Waals surface area contributed by atoms with E-state index in [9.17, 15) is 4.39 Å². The molecular weight excluding hydrogens is 239 g/mol. The van der Waals surface area contributed by atoms with Gasteiger partial charge in [-0.2, -0.15) is 0 Å². The quantitative estimate of drug-likeness (QED) is 0.900. The highest BCUT2D eigenvalue weighted by Crippen LogP contribution is 2.15.